The molecule has 0 saturated heterocycles. The topological polar surface area (TPSA) is 64.6 Å². The van der Waals surface area contributed by atoms with Gasteiger partial charge in [-0.15, -0.1) is 0 Å². The van der Waals surface area contributed by atoms with Crippen LogP contribution >= 0.6 is 0 Å². The molecule has 0 aliphatic carbocycles. The average molecular weight is 357 g/mol. The Balaban J connectivity index is 2.29. The van der Waals surface area contributed by atoms with Crippen molar-refractivity contribution in [3.63, 3.8) is 0 Å². The second-order valence-corrected chi connectivity index (χ2v) is 6.71. The third kappa shape index (κ3) is 3.82. The summed E-state index contributed by atoms with van der Waals surface area (Å²) in [6, 6.07) is 6.54. The smallest absolute Gasteiger partial charge is 0.244 e. The zero-order chi connectivity index (χ0) is 17.9. The van der Waals surface area contributed by atoms with Gasteiger partial charge in [-0.3, -0.25) is 0 Å². The van der Waals surface area contributed by atoms with Gasteiger partial charge in [-0.1, -0.05) is 6.07 Å². The normalized spacial score (nSPS) is 12.7. The number of nitrogens with one attached hydrogen (secondary N) is 1. The van der Waals surface area contributed by atoms with E-state index in [4.69, 9.17) is 9.47 Å². The molecular weight excluding hydrogens is 340 g/mol. The lowest BCUT2D eigenvalue weighted by atomic mass is 10.1. The Morgan fingerprint density at radius 2 is 1.67 bits per heavy atom. The van der Waals surface area contributed by atoms with E-state index in [1.807, 2.05) is 0 Å². The van der Waals surface area contributed by atoms with Crippen LogP contribution in [0.3, 0.4) is 0 Å². The first-order valence-electron chi connectivity index (χ1n) is 6.98. The fraction of sp³-hybridized carbons (Fsp3) is 0.250. The molecule has 0 spiro atoms. The number of methoxy groups -OCH3 is 2. The van der Waals surface area contributed by atoms with Gasteiger partial charge in [-0.05, 0) is 36.8 Å². The molecule has 0 aliphatic heterocycles. The lowest BCUT2D eigenvalue weighted by Gasteiger charge is -2.17. The third-order valence-corrected chi connectivity index (χ3v) is 5.00. The Morgan fingerprint density at radius 3 is 2.25 bits per heavy atom. The molecule has 2 aromatic carbocycles. The summed E-state index contributed by atoms with van der Waals surface area (Å²) in [4.78, 5) is -0.615. The first kappa shape index (κ1) is 18.2. The summed E-state index contributed by atoms with van der Waals surface area (Å²) in [5.41, 5.74) is 0.596. The Bertz CT molecular complexity index is 840. The highest BCUT2D eigenvalue weighted by Crippen LogP contribution is 2.30. The van der Waals surface area contributed by atoms with Crippen molar-refractivity contribution in [2.45, 2.75) is 17.9 Å². The van der Waals surface area contributed by atoms with Gasteiger partial charge in [0.1, 0.15) is 16.5 Å². The Labute approximate surface area is 139 Å². The van der Waals surface area contributed by atoms with E-state index >= 15 is 0 Å². The summed E-state index contributed by atoms with van der Waals surface area (Å²) < 4.78 is 63.9. The molecule has 130 valence electrons. The summed E-state index contributed by atoms with van der Waals surface area (Å²) in [6.07, 6.45) is 0. The van der Waals surface area contributed by atoms with Crippen molar-refractivity contribution >= 4 is 10.0 Å². The molecule has 0 heterocycles. The van der Waals surface area contributed by atoms with Crippen LogP contribution in [0.1, 0.15) is 18.5 Å². The number of hydrogen-bond donors (Lipinski definition) is 1. The van der Waals surface area contributed by atoms with Crippen molar-refractivity contribution in [1.29, 1.82) is 0 Å². The molecule has 8 heteroatoms. The average Bonchev–Trinajstić information content (AvgIpc) is 2.53. The molecule has 0 aromatic heterocycles. The van der Waals surface area contributed by atoms with Crippen LogP contribution in [0.5, 0.6) is 11.5 Å². The van der Waals surface area contributed by atoms with Crippen LogP contribution in [-0.4, -0.2) is 22.6 Å². The zero-order valence-electron chi connectivity index (χ0n) is 13.3. The summed E-state index contributed by atoms with van der Waals surface area (Å²) in [7, 11) is -1.20. The number of ether oxygens (including phenoxy) is 2. The van der Waals surface area contributed by atoms with Crippen molar-refractivity contribution in [3.8, 4) is 11.5 Å². The van der Waals surface area contributed by atoms with Crippen molar-refractivity contribution in [2.24, 2.45) is 0 Å². The number of sulfonamides is 1. The van der Waals surface area contributed by atoms with Crippen molar-refractivity contribution in [2.75, 3.05) is 14.2 Å². The van der Waals surface area contributed by atoms with E-state index < -0.39 is 32.6 Å². The van der Waals surface area contributed by atoms with Crippen LogP contribution in [0, 0.1) is 11.6 Å². The predicted molar refractivity (Wildman–Crippen MR) is 84.6 cm³/mol. The molecule has 24 heavy (non-hydrogen) atoms. The zero-order valence-corrected chi connectivity index (χ0v) is 14.2. The molecule has 0 amide bonds. The van der Waals surface area contributed by atoms with E-state index in [0.717, 1.165) is 12.1 Å². The molecule has 2 aromatic rings. The van der Waals surface area contributed by atoms with Crippen LogP contribution in [0.4, 0.5) is 8.78 Å². The van der Waals surface area contributed by atoms with E-state index in [0.29, 0.717) is 23.1 Å². The minimum absolute atomic E-state index is 0.439. The number of halogens is 2. The molecule has 0 fully saturated rings. The van der Waals surface area contributed by atoms with E-state index in [2.05, 4.69) is 4.72 Å². The molecule has 0 saturated carbocycles. The van der Waals surface area contributed by atoms with E-state index in [9.17, 15) is 17.2 Å². The van der Waals surface area contributed by atoms with Gasteiger partial charge < -0.3 is 9.47 Å². The second kappa shape index (κ2) is 7.14. The van der Waals surface area contributed by atoms with Crippen LogP contribution < -0.4 is 14.2 Å². The molecule has 1 atom stereocenters. The standard InChI is InChI=1S/C16H17F2NO4S/c1-10(11-4-6-14(22-2)15(8-11)23-3)19-24(20,21)16-7-5-12(17)9-13(16)18/h4-10,19H,1-3H3. The van der Waals surface area contributed by atoms with Gasteiger partial charge >= 0.3 is 0 Å². The van der Waals surface area contributed by atoms with Gasteiger partial charge in [-0.25, -0.2) is 21.9 Å². The molecular formula is C16H17F2NO4S. The molecule has 0 aliphatic rings. The Kier molecular flexibility index (Phi) is 5.40. The maximum Gasteiger partial charge on any atom is 0.244 e. The van der Waals surface area contributed by atoms with Crippen LogP contribution in [-0.2, 0) is 10.0 Å². The largest absolute Gasteiger partial charge is 0.493 e. The van der Waals surface area contributed by atoms with E-state index in [1.54, 1.807) is 25.1 Å². The van der Waals surface area contributed by atoms with Gasteiger partial charge in [0.2, 0.25) is 10.0 Å². The monoisotopic (exact) mass is 357 g/mol. The quantitative estimate of drug-likeness (QED) is 0.863. The highest BCUT2D eigenvalue weighted by molar-refractivity contribution is 7.89. The highest BCUT2D eigenvalue weighted by atomic mass is 32.2. The highest BCUT2D eigenvalue weighted by Gasteiger charge is 2.23. The molecule has 1 unspecified atom stereocenters. The molecule has 0 bridgehead atoms. The maximum absolute atomic E-state index is 13.7. The predicted octanol–water partition coefficient (Wildman–Crippen LogP) is 3.02. The van der Waals surface area contributed by atoms with Gasteiger partial charge in [0.25, 0.3) is 0 Å². The Morgan fingerprint density at radius 1 is 1.00 bits per heavy atom. The Hall–Kier alpha value is -2.19. The first-order valence-corrected chi connectivity index (χ1v) is 8.46. The van der Waals surface area contributed by atoms with Gasteiger partial charge in [-0.2, -0.15) is 0 Å². The molecule has 2 rings (SSSR count). The number of hydrogen-bond acceptors (Lipinski definition) is 4. The van der Waals surface area contributed by atoms with Crippen LogP contribution in [0.15, 0.2) is 41.3 Å². The van der Waals surface area contributed by atoms with Crippen molar-refractivity contribution in [3.05, 3.63) is 53.6 Å². The maximum atomic E-state index is 13.7. The summed E-state index contributed by atoms with van der Waals surface area (Å²) in [5, 5.41) is 0. The molecule has 0 radical (unpaired) electrons. The van der Waals surface area contributed by atoms with E-state index in [1.165, 1.54) is 14.2 Å². The third-order valence-electron chi connectivity index (χ3n) is 3.42. The van der Waals surface area contributed by atoms with E-state index in [-0.39, 0.29) is 0 Å². The minimum atomic E-state index is -4.15. The number of rotatable bonds is 6. The molecule has 1 N–H and O–H groups in total. The lowest BCUT2D eigenvalue weighted by Crippen LogP contribution is -2.27. The second-order valence-electron chi connectivity index (χ2n) is 5.03. The fourth-order valence-electron chi connectivity index (χ4n) is 2.18. The van der Waals surface area contributed by atoms with Gasteiger partial charge in [0, 0.05) is 12.1 Å². The summed E-state index contributed by atoms with van der Waals surface area (Å²) in [5.74, 6) is -1.06. The van der Waals surface area contributed by atoms with Crippen LogP contribution in [0.25, 0.3) is 0 Å². The van der Waals surface area contributed by atoms with Crippen LogP contribution in [0.2, 0.25) is 0 Å². The SMILES string of the molecule is COc1ccc(C(C)NS(=O)(=O)c2ccc(F)cc2F)cc1OC. The molecule has 5 nitrogen and oxygen atoms in total. The lowest BCUT2D eigenvalue weighted by molar-refractivity contribution is 0.354. The van der Waals surface area contributed by atoms with Crippen molar-refractivity contribution in [1.82, 2.24) is 4.72 Å². The van der Waals surface area contributed by atoms with Crippen molar-refractivity contribution < 1.29 is 26.7 Å². The first-order chi connectivity index (χ1) is 11.3. The van der Waals surface area contributed by atoms with Gasteiger partial charge in [0.05, 0.1) is 14.2 Å². The summed E-state index contributed by atoms with van der Waals surface area (Å²) >= 11 is 0. The number of benzene rings is 2. The van der Waals surface area contributed by atoms with Gasteiger partial charge in [0.15, 0.2) is 11.5 Å². The summed E-state index contributed by atoms with van der Waals surface area (Å²) in [6.45, 7) is 1.60. The minimum Gasteiger partial charge on any atom is -0.493 e. The fourth-order valence-corrected chi connectivity index (χ4v) is 3.47.